The average Bonchev–Trinajstić information content (AvgIpc) is 3.45. The molecule has 482 valence electrons. The number of esters is 2. The molecule has 0 amide bonds. The maximum absolute atomic E-state index is 12.9. The number of unbranched alkanes of at least 4 members (excludes halogenated alkanes) is 44. The quantitative estimate of drug-likeness (QED) is 0.0211. The van der Waals surface area contributed by atoms with E-state index < -0.39 is 26.5 Å². The molecular weight excluding hydrogens is 1040 g/mol. The van der Waals surface area contributed by atoms with Gasteiger partial charge in [-0.05, 0) is 51.4 Å². The van der Waals surface area contributed by atoms with E-state index in [2.05, 4.69) is 62.5 Å². The van der Waals surface area contributed by atoms with Crippen LogP contribution in [-0.2, 0) is 32.7 Å². The number of likely N-dealkylation sites (N-methyl/N-ethyl adjacent to an activating group) is 1. The molecule has 0 spiro atoms. The van der Waals surface area contributed by atoms with E-state index >= 15 is 0 Å². The van der Waals surface area contributed by atoms with Crippen molar-refractivity contribution in [1.29, 1.82) is 0 Å². The molecule has 10 heteroatoms. The van der Waals surface area contributed by atoms with Crippen LogP contribution in [0.2, 0.25) is 0 Å². The van der Waals surface area contributed by atoms with Crippen LogP contribution in [0.3, 0.4) is 0 Å². The lowest BCUT2D eigenvalue weighted by atomic mass is 10.0. The van der Waals surface area contributed by atoms with E-state index in [0.717, 1.165) is 57.8 Å². The second-order valence-electron chi connectivity index (χ2n) is 25.3. The van der Waals surface area contributed by atoms with E-state index in [1.54, 1.807) is 0 Å². The SMILES string of the molecule is CC/C=C\C/C=C\C/C=C\C/C=C\CCCCCCCCCCCCCCCCCCCCCCCCC(=O)OC(COC(=O)CCCCCCCCCCCCCCCCCCCCCCCCC)COP(=O)(O)OCC[N+](C)(C)C. The van der Waals surface area contributed by atoms with Crippen LogP contribution >= 0.6 is 7.82 Å². The van der Waals surface area contributed by atoms with Gasteiger partial charge in [0.2, 0.25) is 0 Å². The van der Waals surface area contributed by atoms with Crippen LogP contribution in [0.4, 0.5) is 0 Å². The first kappa shape index (κ1) is 80.0. The van der Waals surface area contributed by atoms with Crippen molar-refractivity contribution in [1.82, 2.24) is 0 Å². The van der Waals surface area contributed by atoms with Gasteiger partial charge in [-0.25, -0.2) is 4.57 Å². The molecule has 0 fully saturated rings. The van der Waals surface area contributed by atoms with E-state index in [1.807, 2.05) is 21.1 Å². The van der Waals surface area contributed by atoms with Crippen molar-refractivity contribution in [3.8, 4) is 0 Å². The van der Waals surface area contributed by atoms with E-state index in [9.17, 15) is 19.0 Å². The van der Waals surface area contributed by atoms with Gasteiger partial charge < -0.3 is 18.9 Å². The van der Waals surface area contributed by atoms with E-state index in [0.29, 0.717) is 23.9 Å². The van der Waals surface area contributed by atoms with Gasteiger partial charge in [0.05, 0.1) is 27.7 Å². The van der Waals surface area contributed by atoms with Gasteiger partial charge in [-0.3, -0.25) is 18.6 Å². The molecule has 0 aromatic heterocycles. The third kappa shape index (κ3) is 67.1. The minimum Gasteiger partial charge on any atom is -0.462 e. The van der Waals surface area contributed by atoms with E-state index in [4.69, 9.17) is 18.5 Å². The molecule has 0 aromatic carbocycles. The van der Waals surface area contributed by atoms with Crippen LogP contribution in [0.1, 0.15) is 348 Å². The van der Waals surface area contributed by atoms with Gasteiger partial charge >= 0.3 is 19.8 Å². The molecular formula is C72H137NO8P+. The second-order valence-corrected chi connectivity index (χ2v) is 26.7. The maximum atomic E-state index is 12.9. The highest BCUT2D eigenvalue weighted by Crippen LogP contribution is 2.43. The normalized spacial score (nSPS) is 13.4. The summed E-state index contributed by atoms with van der Waals surface area (Å²) in [5, 5.41) is 0. The van der Waals surface area contributed by atoms with Crippen LogP contribution in [0.15, 0.2) is 48.6 Å². The number of rotatable bonds is 66. The van der Waals surface area contributed by atoms with Crippen molar-refractivity contribution in [2.45, 2.75) is 354 Å². The predicted molar refractivity (Wildman–Crippen MR) is 353 cm³/mol. The van der Waals surface area contributed by atoms with Crippen molar-refractivity contribution in [2.75, 3.05) is 47.5 Å². The average molecular weight is 1180 g/mol. The zero-order valence-corrected chi connectivity index (χ0v) is 55.9. The predicted octanol–water partition coefficient (Wildman–Crippen LogP) is 22.8. The number of hydrogen-bond acceptors (Lipinski definition) is 7. The number of phosphoric acid groups is 1. The fourth-order valence-electron chi connectivity index (χ4n) is 10.5. The summed E-state index contributed by atoms with van der Waals surface area (Å²) >= 11 is 0. The van der Waals surface area contributed by atoms with Crippen LogP contribution in [0.25, 0.3) is 0 Å². The fraction of sp³-hybridized carbons (Fsp3) is 0.861. The first-order chi connectivity index (χ1) is 40.0. The van der Waals surface area contributed by atoms with Crippen molar-refractivity contribution in [3.63, 3.8) is 0 Å². The topological polar surface area (TPSA) is 108 Å². The number of hydrogen-bond donors (Lipinski definition) is 1. The Kier molecular flexibility index (Phi) is 61.9. The van der Waals surface area contributed by atoms with Gasteiger partial charge in [-0.2, -0.15) is 0 Å². The molecule has 2 unspecified atom stereocenters. The second kappa shape index (κ2) is 63.5. The summed E-state index contributed by atoms with van der Waals surface area (Å²) < 4.78 is 34.7. The lowest BCUT2D eigenvalue weighted by molar-refractivity contribution is -0.870. The summed E-state index contributed by atoms with van der Waals surface area (Å²) in [5.41, 5.74) is 0. The minimum atomic E-state index is -4.39. The molecule has 0 aromatic rings. The Hall–Kier alpha value is -2.03. The Morgan fingerprint density at radius 3 is 1.04 bits per heavy atom. The third-order valence-electron chi connectivity index (χ3n) is 15.9. The van der Waals surface area contributed by atoms with Crippen molar-refractivity contribution in [2.24, 2.45) is 0 Å². The fourth-order valence-corrected chi connectivity index (χ4v) is 11.2. The third-order valence-corrected chi connectivity index (χ3v) is 16.9. The number of phosphoric ester groups is 1. The van der Waals surface area contributed by atoms with Gasteiger partial charge in [-0.15, -0.1) is 0 Å². The largest absolute Gasteiger partial charge is 0.472 e. The highest BCUT2D eigenvalue weighted by Gasteiger charge is 2.27. The Morgan fingerprint density at radius 1 is 0.390 bits per heavy atom. The van der Waals surface area contributed by atoms with Crippen molar-refractivity contribution >= 4 is 19.8 Å². The summed E-state index contributed by atoms with van der Waals surface area (Å²) in [5.74, 6) is -0.774. The molecule has 0 rings (SSSR count). The van der Waals surface area contributed by atoms with Crippen molar-refractivity contribution in [3.05, 3.63) is 48.6 Å². The molecule has 0 aliphatic rings. The monoisotopic (exact) mass is 1180 g/mol. The Balaban J connectivity index is 3.96. The summed E-state index contributed by atoms with van der Waals surface area (Å²) in [6, 6.07) is 0. The summed E-state index contributed by atoms with van der Waals surface area (Å²) in [6.45, 7) is 4.39. The Labute approximate surface area is 509 Å². The molecule has 0 aliphatic carbocycles. The molecule has 9 nitrogen and oxygen atoms in total. The molecule has 1 N–H and O–H groups in total. The number of carbonyl (C=O) groups excluding carboxylic acids is 2. The molecule has 0 heterocycles. The van der Waals surface area contributed by atoms with Gasteiger partial charge in [0.15, 0.2) is 6.10 Å². The van der Waals surface area contributed by atoms with Gasteiger partial charge in [0.25, 0.3) is 0 Å². The molecule has 0 saturated heterocycles. The highest BCUT2D eigenvalue weighted by molar-refractivity contribution is 7.47. The molecule has 0 saturated carbocycles. The minimum absolute atomic E-state index is 0.0349. The zero-order chi connectivity index (χ0) is 59.8. The maximum Gasteiger partial charge on any atom is 0.472 e. The number of ether oxygens (including phenoxy) is 2. The van der Waals surface area contributed by atoms with Crippen molar-refractivity contribution < 1.29 is 42.1 Å². The standard InChI is InChI=1S/C72H136NO8P/c1-6-8-10-12-14-16-18-20-22-24-26-28-30-31-32-33-34-35-36-37-38-39-40-41-43-45-47-49-51-53-55-57-59-61-63-65-72(75)81-70(69-80-82(76,77)79-67-66-73(3,4)5)68-78-71(74)64-62-60-58-56-54-52-50-48-46-44-42-29-27-25-23-21-19-17-15-13-11-9-7-2/h8,10,14,16,20,22,26,28,70H,6-7,9,11-13,15,17-19,21,23-25,27,29-69H2,1-5H3/p+1/b10-8-,16-14-,22-20-,28-26-. The molecule has 0 bridgehead atoms. The Bertz CT molecular complexity index is 1520. The number of nitrogens with zero attached hydrogens (tertiary/aromatic N) is 1. The van der Waals surface area contributed by atoms with E-state index in [-0.39, 0.29) is 25.6 Å². The van der Waals surface area contributed by atoms with Crippen LogP contribution in [0, 0.1) is 0 Å². The summed E-state index contributed by atoms with van der Waals surface area (Å²) in [7, 11) is 1.50. The highest BCUT2D eigenvalue weighted by atomic mass is 31.2. The Morgan fingerprint density at radius 2 is 0.695 bits per heavy atom. The molecule has 0 radical (unpaired) electrons. The van der Waals surface area contributed by atoms with E-state index in [1.165, 1.54) is 257 Å². The number of quaternary nitrogens is 1. The van der Waals surface area contributed by atoms with Gasteiger partial charge in [-0.1, -0.05) is 332 Å². The van der Waals surface area contributed by atoms with Crippen LogP contribution < -0.4 is 0 Å². The van der Waals surface area contributed by atoms with Gasteiger partial charge in [0, 0.05) is 12.8 Å². The summed E-state index contributed by atoms with van der Waals surface area (Å²) in [6.07, 6.45) is 82.2. The molecule has 82 heavy (non-hydrogen) atoms. The van der Waals surface area contributed by atoms with Gasteiger partial charge in [0.1, 0.15) is 19.8 Å². The van der Waals surface area contributed by atoms with Crippen LogP contribution in [0.5, 0.6) is 0 Å². The number of allylic oxidation sites excluding steroid dienone is 8. The first-order valence-corrected chi connectivity index (χ1v) is 36.9. The lowest BCUT2D eigenvalue weighted by Crippen LogP contribution is -2.37. The molecule has 0 aliphatic heterocycles. The first-order valence-electron chi connectivity index (χ1n) is 35.4. The smallest absolute Gasteiger partial charge is 0.462 e. The lowest BCUT2D eigenvalue weighted by Gasteiger charge is -2.24. The number of carbonyl (C=O) groups is 2. The summed E-state index contributed by atoms with van der Waals surface area (Å²) in [4.78, 5) is 35.9. The van der Waals surface area contributed by atoms with Crippen LogP contribution in [-0.4, -0.2) is 74.9 Å². The molecule has 2 atom stereocenters. The zero-order valence-electron chi connectivity index (χ0n) is 55.0.